The summed E-state index contributed by atoms with van der Waals surface area (Å²) in [5, 5.41) is 3.26. The molecule has 2 heterocycles. The first kappa shape index (κ1) is 23.3. The average Bonchev–Trinajstić information content (AvgIpc) is 2.82. The van der Waals surface area contributed by atoms with E-state index in [0.717, 1.165) is 18.4 Å². The maximum Gasteiger partial charge on any atom is 0.257 e. The third-order valence-electron chi connectivity index (χ3n) is 5.59. The van der Waals surface area contributed by atoms with E-state index in [4.69, 9.17) is 0 Å². The minimum atomic E-state index is -1.46. The number of aromatic nitrogens is 2. The molecule has 1 aromatic heterocycles. The van der Waals surface area contributed by atoms with Crippen molar-refractivity contribution < 1.29 is 22.7 Å². The van der Waals surface area contributed by atoms with E-state index in [1.54, 1.807) is 6.92 Å². The molecular weight excluding hydrogens is 447 g/mol. The van der Waals surface area contributed by atoms with Gasteiger partial charge in [-0.25, -0.2) is 18.7 Å². The van der Waals surface area contributed by atoms with Crippen LogP contribution >= 0.6 is 0 Å². The lowest BCUT2D eigenvalue weighted by atomic mass is 10.1. The summed E-state index contributed by atoms with van der Waals surface area (Å²) < 4.78 is 46.7. The number of anilines is 3. The Morgan fingerprint density at radius 3 is 2.29 bits per heavy atom. The van der Waals surface area contributed by atoms with Crippen LogP contribution in [-0.4, -0.2) is 54.1 Å². The number of carbonyl (C=O) groups is 1. The van der Waals surface area contributed by atoms with E-state index in [2.05, 4.69) is 20.0 Å². The Balaban J connectivity index is 1.47. The number of benzene rings is 2. The number of nitrogens with one attached hydrogen (secondary N) is 1. The molecule has 0 unspecified atom stereocenters. The minimum absolute atomic E-state index is 0.253. The van der Waals surface area contributed by atoms with Gasteiger partial charge in [-0.2, -0.15) is 4.39 Å². The van der Waals surface area contributed by atoms with Crippen LogP contribution in [0.3, 0.4) is 0 Å². The highest BCUT2D eigenvalue weighted by Crippen LogP contribution is 2.28. The Labute approximate surface area is 195 Å². The Hall–Kier alpha value is -3.82. The maximum absolute atomic E-state index is 14.5. The van der Waals surface area contributed by atoms with Crippen LogP contribution in [0.15, 0.2) is 36.4 Å². The number of amides is 1. The quantitative estimate of drug-likeness (QED) is 0.562. The fraction of sp³-hybridized carbons (Fsp3) is 0.292. The van der Waals surface area contributed by atoms with E-state index in [1.165, 1.54) is 4.90 Å². The second-order valence-electron chi connectivity index (χ2n) is 8.00. The van der Waals surface area contributed by atoms with Gasteiger partial charge in [-0.1, -0.05) is 17.7 Å². The number of halogens is 3. The number of hydrogen-bond donors (Lipinski definition) is 1. The topological polar surface area (TPSA) is 70.6 Å². The predicted octanol–water partition coefficient (Wildman–Crippen LogP) is 4.23. The summed E-state index contributed by atoms with van der Waals surface area (Å²) >= 11 is 0. The molecule has 34 heavy (non-hydrogen) atoms. The van der Waals surface area contributed by atoms with E-state index in [9.17, 15) is 18.0 Å². The molecule has 1 amide bonds. The zero-order valence-corrected chi connectivity index (χ0v) is 19.0. The number of piperazine rings is 1. The van der Waals surface area contributed by atoms with Crippen molar-refractivity contribution in [3.8, 4) is 5.75 Å². The molecule has 3 aromatic rings. The molecule has 0 atom stereocenters. The molecule has 0 bridgehead atoms. The third-order valence-corrected chi connectivity index (χ3v) is 5.59. The molecule has 0 radical (unpaired) electrons. The molecule has 4 rings (SSSR count). The Morgan fingerprint density at radius 2 is 1.65 bits per heavy atom. The lowest BCUT2D eigenvalue weighted by Crippen LogP contribution is -2.49. The molecular formula is C24H24F3N5O2. The predicted molar refractivity (Wildman–Crippen MR) is 122 cm³/mol. The van der Waals surface area contributed by atoms with Gasteiger partial charge < -0.3 is 19.9 Å². The summed E-state index contributed by atoms with van der Waals surface area (Å²) in [6, 6.07) is 10.3. The summed E-state index contributed by atoms with van der Waals surface area (Å²) in [7, 11) is 1.01. The van der Waals surface area contributed by atoms with Crippen molar-refractivity contribution in [3.63, 3.8) is 0 Å². The van der Waals surface area contributed by atoms with Crippen molar-refractivity contribution in [1.29, 1.82) is 0 Å². The van der Waals surface area contributed by atoms with Crippen molar-refractivity contribution in [2.24, 2.45) is 0 Å². The number of ether oxygens (including phenoxy) is 1. The smallest absolute Gasteiger partial charge is 0.257 e. The van der Waals surface area contributed by atoms with Gasteiger partial charge in [0.15, 0.2) is 17.4 Å². The van der Waals surface area contributed by atoms with E-state index in [0.29, 0.717) is 36.6 Å². The van der Waals surface area contributed by atoms with Crippen LogP contribution in [0.5, 0.6) is 5.75 Å². The Kier molecular flexibility index (Phi) is 6.58. The van der Waals surface area contributed by atoms with Gasteiger partial charge in [0, 0.05) is 37.9 Å². The number of hydrogen-bond acceptors (Lipinski definition) is 6. The van der Waals surface area contributed by atoms with Crippen LogP contribution in [-0.2, 0) is 0 Å². The molecule has 2 aromatic carbocycles. The number of methoxy groups -OCH3 is 1. The standard InChI is InChI=1S/C24H24F3N5O2/c1-14-4-6-16(7-5-14)30-19-13-20(29-15(2)28-19)31-8-10-32(11-9-31)24(33)17-12-18(25)22(27)23(34-3)21(17)26/h4-7,12-13H,8-11H2,1-3H3,(H,28,29,30). The maximum atomic E-state index is 14.5. The number of carbonyl (C=O) groups excluding carboxylic acids is 1. The van der Waals surface area contributed by atoms with E-state index in [-0.39, 0.29) is 13.1 Å². The van der Waals surface area contributed by atoms with Crippen molar-refractivity contribution in [2.45, 2.75) is 13.8 Å². The van der Waals surface area contributed by atoms with Crippen LogP contribution in [0.1, 0.15) is 21.7 Å². The van der Waals surface area contributed by atoms with E-state index >= 15 is 0 Å². The third kappa shape index (κ3) is 4.75. The highest BCUT2D eigenvalue weighted by atomic mass is 19.2. The second kappa shape index (κ2) is 9.58. The number of nitrogens with zero attached hydrogens (tertiary/aromatic N) is 4. The van der Waals surface area contributed by atoms with Gasteiger partial charge in [0.2, 0.25) is 5.82 Å². The summed E-state index contributed by atoms with van der Waals surface area (Å²) in [5.74, 6) is -3.74. The summed E-state index contributed by atoms with van der Waals surface area (Å²) in [5.41, 5.74) is 1.49. The molecule has 1 aliphatic heterocycles. The SMILES string of the molecule is COc1c(F)c(F)cc(C(=O)N2CCN(c3cc(Nc4ccc(C)cc4)nc(C)n3)CC2)c1F. The van der Waals surface area contributed by atoms with Crippen LogP contribution in [0.4, 0.5) is 30.5 Å². The van der Waals surface area contributed by atoms with Gasteiger partial charge in [-0.3, -0.25) is 4.79 Å². The fourth-order valence-electron chi connectivity index (χ4n) is 3.79. The van der Waals surface area contributed by atoms with E-state index < -0.39 is 34.7 Å². The van der Waals surface area contributed by atoms with Crippen LogP contribution in [0.25, 0.3) is 0 Å². The van der Waals surface area contributed by atoms with Gasteiger partial charge in [0.25, 0.3) is 5.91 Å². The monoisotopic (exact) mass is 471 g/mol. The summed E-state index contributed by atoms with van der Waals surface area (Å²) in [4.78, 5) is 25.1. The molecule has 1 saturated heterocycles. The summed E-state index contributed by atoms with van der Waals surface area (Å²) in [6.45, 7) is 5.16. The van der Waals surface area contributed by atoms with Gasteiger partial charge in [-0.15, -0.1) is 0 Å². The molecule has 1 fully saturated rings. The van der Waals surface area contributed by atoms with E-state index in [1.807, 2.05) is 42.2 Å². The van der Waals surface area contributed by atoms with Crippen molar-refractivity contribution in [2.75, 3.05) is 43.5 Å². The Morgan fingerprint density at radius 1 is 0.971 bits per heavy atom. The zero-order chi connectivity index (χ0) is 24.4. The largest absolute Gasteiger partial charge is 0.491 e. The van der Waals surface area contributed by atoms with Crippen LogP contribution in [0, 0.1) is 31.3 Å². The van der Waals surface area contributed by atoms with Crippen molar-refractivity contribution in [3.05, 3.63) is 70.8 Å². The van der Waals surface area contributed by atoms with Crippen LogP contribution in [0.2, 0.25) is 0 Å². The highest BCUT2D eigenvalue weighted by Gasteiger charge is 2.29. The molecule has 0 saturated carbocycles. The van der Waals surface area contributed by atoms with Crippen molar-refractivity contribution >= 4 is 23.2 Å². The first-order chi connectivity index (χ1) is 16.3. The number of aryl methyl sites for hydroxylation is 2. The molecule has 178 valence electrons. The minimum Gasteiger partial charge on any atom is -0.491 e. The molecule has 7 nitrogen and oxygen atoms in total. The first-order valence-corrected chi connectivity index (χ1v) is 10.7. The summed E-state index contributed by atoms with van der Waals surface area (Å²) in [6.07, 6.45) is 0. The highest BCUT2D eigenvalue weighted by molar-refractivity contribution is 5.95. The zero-order valence-electron chi connectivity index (χ0n) is 19.0. The Bertz CT molecular complexity index is 1210. The fourth-order valence-corrected chi connectivity index (χ4v) is 3.79. The average molecular weight is 471 g/mol. The molecule has 1 N–H and O–H groups in total. The second-order valence-corrected chi connectivity index (χ2v) is 8.00. The molecule has 1 aliphatic rings. The van der Waals surface area contributed by atoms with Gasteiger partial charge in [-0.05, 0) is 32.0 Å². The van der Waals surface area contributed by atoms with Gasteiger partial charge >= 0.3 is 0 Å². The molecule has 0 spiro atoms. The molecule has 0 aliphatic carbocycles. The van der Waals surface area contributed by atoms with Crippen molar-refractivity contribution in [1.82, 2.24) is 14.9 Å². The van der Waals surface area contributed by atoms with Gasteiger partial charge in [0.05, 0.1) is 12.7 Å². The molecule has 10 heteroatoms. The lowest BCUT2D eigenvalue weighted by molar-refractivity contribution is 0.0740. The first-order valence-electron chi connectivity index (χ1n) is 10.7. The van der Waals surface area contributed by atoms with Gasteiger partial charge in [0.1, 0.15) is 17.5 Å². The number of rotatable bonds is 5. The van der Waals surface area contributed by atoms with Crippen LogP contribution < -0.4 is 15.0 Å². The normalized spacial score (nSPS) is 13.7. The lowest BCUT2D eigenvalue weighted by Gasteiger charge is -2.35.